The third-order valence-electron chi connectivity index (χ3n) is 4.22. The fourth-order valence-electron chi connectivity index (χ4n) is 2.87. The van der Waals surface area contributed by atoms with Crippen LogP contribution in [0.5, 0.6) is 0 Å². The van der Waals surface area contributed by atoms with E-state index in [0.717, 1.165) is 44.2 Å². The van der Waals surface area contributed by atoms with Crippen molar-refractivity contribution in [2.75, 3.05) is 5.32 Å². The van der Waals surface area contributed by atoms with Crippen LogP contribution >= 0.6 is 0 Å². The molecule has 0 spiro atoms. The Labute approximate surface area is 122 Å². The maximum Gasteiger partial charge on any atom is 0.419 e. The molecule has 0 aliphatic heterocycles. The van der Waals surface area contributed by atoms with Crippen LogP contribution in [0.2, 0.25) is 0 Å². The number of alkyl halides is 3. The van der Waals surface area contributed by atoms with Crippen LogP contribution in [0.4, 0.5) is 23.2 Å². The maximum atomic E-state index is 13.3. The van der Waals surface area contributed by atoms with E-state index < -0.39 is 17.6 Å². The van der Waals surface area contributed by atoms with Gasteiger partial charge in [0.05, 0.1) is 5.56 Å². The van der Waals surface area contributed by atoms with E-state index in [-0.39, 0.29) is 11.5 Å². The van der Waals surface area contributed by atoms with E-state index in [1.165, 1.54) is 6.07 Å². The maximum absolute atomic E-state index is 13.3. The van der Waals surface area contributed by atoms with E-state index in [4.69, 9.17) is 0 Å². The summed E-state index contributed by atoms with van der Waals surface area (Å²) >= 11 is 0. The van der Waals surface area contributed by atoms with Gasteiger partial charge in [0.2, 0.25) is 0 Å². The minimum absolute atomic E-state index is 0.151. The molecule has 21 heavy (non-hydrogen) atoms. The number of hydrogen-bond acceptors (Lipinski definition) is 1. The number of rotatable bonds is 2. The first-order chi connectivity index (χ1) is 9.67. The number of benzene rings is 1. The highest BCUT2D eigenvalue weighted by molar-refractivity contribution is 5.47. The van der Waals surface area contributed by atoms with Crippen LogP contribution in [-0.2, 0) is 6.18 Å². The zero-order valence-corrected chi connectivity index (χ0v) is 12.4. The second kappa shape index (κ2) is 5.85. The molecular weight excluding hydrogens is 282 g/mol. The molecule has 1 nitrogen and oxygen atoms in total. The van der Waals surface area contributed by atoms with E-state index in [1.807, 2.05) is 0 Å². The third kappa shape index (κ3) is 4.35. The molecule has 0 saturated heterocycles. The van der Waals surface area contributed by atoms with Gasteiger partial charge in [0.25, 0.3) is 0 Å². The molecule has 1 aromatic rings. The summed E-state index contributed by atoms with van der Waals surface area (Å²) in [5.74, 6) is -1.23. The van der Waals surface area contributed by atoms with Gasteiger partial charge in [0.1, 0.15) is 5.82 Å². The van der Waals surface area contributed by atoms with Crippen molar-refractivity contribution < 1.29 is 17.6 Å². The molecule has 0 heterocycles. The Morgan fingerprint density at radius 2 is 1.86 bits per heavy atom. The van der Waals surface area contributed by atoms with Crippen LogP contribution in [0.25, 0.3) is 0 Å². The van der Waals surface area contributed by atoms with E-state index in [1.54, 1.807) is 0 Å². The Kier molecular flexibility index (Phi) is 4.49. The standard InChI is InChI=1S/C16H21F4N/c1-15(2)8-3-4-11(7-9-15)21-12-5-6-14(17)13(10-12)16(18,19)20/h5-6,10-11,21H,3-4,7-9H2,1-2H3. The van der Waals surface area contributed by atoms with Gasteiger partial charge in [-0.3, -0.25) is 0 Å². The van der Waals surface area contributed by atoms with Crippen LogP contribution in [0, 0.1) is 11.2 Å². The van der Waals surface area contributed by atoms with E-state index in [2.05, 4.69) is 19.2 Å². The van der Waals surface area contributed by atoms with Crippen molar-refractivity contribution in [2.45, 2.75) is 58.2 Å². The number of halogens is 4. The molecule has 2 rings (SSSR count). The van der Waals surface area contributed by atoms with E-state index in [9.17, 15) is 17.6 Å². The van der Waals surface area contributed by atoms with Gasteiger partial charge < -0.3 is 5.32 Å². The summed E-state index contributed by atoms with van der Waals surface area (Å²) in [6.07, 6.45) is 0.416. The van der Waals surface area contributed by atoms with Crippen molar-refractivity contribution in [3.8, 4) is 0 Å². The van der Waals surface area contributed by atoms with Crippen LogP contribution in [-0.4, -0.2) is 6.04 Å². The predicted molar refractivity (Wildman–Crippen MR) is 75.7 cm³/mol. The third-order valence-corrected chi connectivity index (χ3v) is 4.22. The van der Waals surface area contributed by atoms with Gasteiger partial charge in [-0.15, -0.1) is 0 Å². The summed E-state index contributed by atoms with van der Waals surface area (Å²) in [6, 6.07) is 3.27. The minimum Gasteiger partial charge on any atom is -0.382 e. The lowest BCUT2D eigenvalue weighted by molar-refractivity contribution is -0.139. The highest BCUT2D eigenvalue weighted by Gasteiger charge is 2.34. The van der Waals surface area contributed by atoms with Crippen molar-refractivity contribution in [3.05, 3.63) is 29.6 Å². The fraction of sp³-hybridized carbons (Fsp3) is 0.625. The molecule has 1 saturated carbocycles. The van der Waals surface area contributed by atoms with Crippen LogP contribution in [0.3, 0.4) is 0 Å². The average molecular weight is 303 g/mol. The largest absolute Gasteiger partial charge is 0.419 e. The first kappa shape index (κ1) is 16.1. The fourth-order valence-corrected chi connectivity index (χ4v) is 2.87. The predicted octanol–water partition coefficient (Wildman–Crippen LogP) is 5.62. The molecule has 1 aliphatic carbocycles. The molecule has 118 valence electrons. The molecule has 1 N–H and O–H groups in total. The van der Waals surface area contributed by atoms with Gasteiger partial charge in [-0.1, -0.05) is 20.3 Å². The van der Waals surface area contributed by atoms with Gasteiger partial charge in [0.15, 0.2) is 0 Å². The molecule has 1 fully saturated rings. The molecule has 0 bridgehead atoms. The SMILES string of the molecule is CC1(C)CCCC(Nc2ccc(F)c(C(F)(F)F)c2)CC1. The first-order valence-electron chi connectivity index (χ1n) is 7.31. The topological polar surface area (TPSA) is 12.0 Å². The first-order valence-corrected chi connectivity index (χ1v) is 7.31. The van der Waals surface area contributed by atoms with E-state index >= 15 is 0 Å². The number of nitrogens with one attached hydrogen (secondary N) is 1. The summed E-state index contributed by atoms with van der Waals surface area (Å²) in [7, 11) is 0. The molecule has 0 aromatic heterocycles. The van der Waals surface area contributed by atoms with E-state index in [0.29, 0.717) is 5.69 Å². The molecule has 1 atom stereocenters. The zero-order chi connectivity index (χ0) is 15.7. The molecule has 0 amide bonds. The lowest BCUT2D eigenvalue weighted by Gasteiger charge is -2.22. The van der Waals surface area contributed by atoms with Crippen molar-refractivity contribution in [3.63, 3.8) is 0 Å². The zero-order valence-electron chi connectivity index (χ0n) is 12.4. The monoisotopic (exact) mass is 303 g/mol. The molecule has 0 radical (unpaired) electrons. The molecule has 1 aromatic carbocycles. The summed E-state index contributed by atoms with van der Waals surface area (Å²) in [6.45, 7) is 4.43. The molecular formula is C16H21F4N. The Hall–Kier alpha value is -1.26. The molecule has 1 unspecified atom stereocenters. The van der Waals surface area contributed by atoms with Crippen LogP contribution < -0.4 is 5.32 Å². The number of anilines is 1. The Morgan fingerprint density at radius 3 is 2.52 bits per heavy atom. The molecule has 1 aliphatic rings. The van der Waals surface area contributed by atoms with Gasteiger partial charge >= 0.3 is 6.18 Å². The quantitative estimate of drug-likeness (QED) is 0.552. The lowest BCUT2D eigenvalue weighted by atomic mass is 9.85. The van der Waals surface area contributed by atoms with Gasteiger partial charge in [-0.25, -0.2) is 4.39 Å². The summed E-state index contributed by atoms with van der Waals surface area (Å²) in [4.78, 5) is 0. The highest BCUT2D eigenvalue weighted by Crippen LogP contribution is 2.36. The number of hydrogen-bond donors (Lipinski definition) is 1. The lowest BCUT2D eigenvalue weighted by Crippen LogP contribution is -2.20. The average Bonchev–Trinajstić information content (AvgIpc) is 2.52. The van der Waals surface area contributed by atoms with Crippen LogP contribution in [0.1, 0.15) is 51.5 Å². The second-order valence-electron chi connectivity index (χ2n) is 6.63. The Balaban J connectivity index is 2.10. The van der Waals surface area contributed by atoms with Gasteiger partial charge in [-0.05, 0) is 49.3 Å². The minimum atomic E-state index is -4.66. The smallest absolute Gasteiger partial charge is 0.382 e. The van der Waals surface area contributed by atoms with Gasteiger partial charge in [-0.2, -0.15) is 13.2 Å². The van der Waals surface area contributed by atoms with Crippen molar-refractivity contribution >= 4 is 5.69 Å². The molecule has 5 heteroatoms. The van der Waals surface area contributed by atoms with Crippen molar-refractivity contribution in [1.29, 1.82) is 0 Å². The van der Waals surface area contributed by atoms with Gasteiger partial charge in [0, 0.05) is 11.7 Å². The van der Waals surface area contributed by atoms with Crippen molar-refractivity contribution in [2.24, 2.45) is 5.41 Å². The van der Waals surface area contributed by atoms with Crippen LogP contribution in [0.15, 0.2) is 18.2 Å². The Morgan fingerprint density at radius 1 is 1.14 bits per heavy atom. The second-order valence-corrected chi connectivity index (χ2v) is 6.63. The summed E-state index contributed by atoms with van der Waals surface area (Å²) in [5.41, 5.74) is -0.578. The Bertz CT molecular complexity index is 494. The normalized spacial score (nSPS) is 22.7. The highest BCUT2D eigenvalue weighted by atomic mass is 19.4. The summed E-state index contributed by atoms with van der Waals surface area (Å²) in [5, 5.41) is 3.13. The van der Waals surface area contributed by atoms with Crippen molar-refractivity contribution in [1.82, 2.24) is 0 Å². The summed E-state index contributed by atoms with van der Waals surface area (Å²) < 4.78 is 51.4.